The Kier molecular flexibility index (Phi) is 2.99. The number of rotatable bonds is 2. The van der Waals surface area contributed by atoms with Crippen LogP contribution in [0.3, 0.4) is 0 Å². The average molecular weight is 299 g/mol. The minimum Gasteiger partial charge on any atom is -0.301 e. The van der Waals surface area contributed by atoms with Gasteiger partial charge >= 0.3 is 0 Å². The molecule has 1 amide bonds. The quantitative estimate of drug-likeness (QED) is 0.863. The van der Waals surface area contributed by atoms with E-state index in [4.69, 9.17) is 0 Å². The number of amides is 1. The standard InChI is InChI=1S/C11H11BrN2OS/c1-11(2,12)9(15)14-10-13-7-5-3-4-6-8(7)16-10/h3-6H,1-2H3,(H,13,14,15). The number of nitrogens with one attached hydrogen (secondary N) is 1. The van der Waals surface area contributed by atoms with E-state index in [-0.39, 0.29) is 5.91 Å². The van der Waals surface area contributed by atoms with Crippen LogP contribution >= 0.6 is 27.3 Å². The Bertz CT molecular complexity index is 497. The van der Waals surface area contributed by atoms with E-state index in [2.05, 4.69) is 26.2 Å². The molecule has 1 N–H and O–H groups in total. The third-order valence-electron chi connectivity index (χ3n) is 2.05. The number of alkyl halides is 1. The molecular formula is C11H11BrN2OS. The van der Waals surface area contributed by atoms with Gasteiger partial charge in [0.25, 0.3) is 0 Å². The van der Waals surface area contributed by atoms with Gasteiger partial charge in [-0.25, -0.2) is 4.98 Å². The second-order valence-corrected chi connectivity index (χ2v) is 6.93. The van der Waals surface area contributed by atoms with E-state index in [1.165, 1.54) is 11.3 Å². The van der Waals surface area contributed by atoms with E-state index in [0.717, 1.165) is 10.2 Å². The summed E-state index contributed by atoms with van der Waals surface area (Å²) in [5.41, 5.74) is 0.912. The SMILES string of the molecule is CC(C)(Br)C(=O)Nc1nc2ccccc2s1. The molecule has 0 aliphatic rings. The van der Waals surface area contributed by atoms with E-state index in [9.17, 15) is 4.79 Å². The van der Waals surface area contributed by atoms with Crippen molar-refractivity contribution in [2.75, 3.05) is 5.32 Å². The van der Waals surface area contributed by atoms with E-state index in [1.807, 2.05) is 24.3 Å². The Morgan fingerprint density at radius 3 is 2.75 bits per heavy atom. The molecule has 0 aliphatic heterocycles. The van der Waals surface area contributed by atoms with Gasteiger partial charge in [0.2, 0.25) is 5.91 Å². The lowest BCUT2D eigenvalue weighted by Crippen LogP contribution is -2.30. The van der Waals surface area contributed by atoms with E-state index in [1.54, 1.807) is 13.8 Å². The lowest BCUT2D eigenvalue weighted by atomic mass is 10.2. The van der Waals surface area contributed by atoms with Crippen molar-refractivity contribution in [1.82, 2.24) is 4.98 Å². The van der Waals surface area contributed by atoms with Crippen LogP contribution in [0, 0.1) is 0 Å². The predicted molar refractivity (Wildman–Crippen MR) is 71.3 cm³/mol. The van der Waals surface area contributed by atoms with E-state index in [0.29, 0.717) is 5.13 Å². The van der Waals surface area contributed by atoms with Gasteiger partial charge < -0.3 is 5.32 Å². The molecule has 0 saturated carbocycles. The number of fused-ring (bicyclic) bond motifs is 1. The van der Waals surface area contributed by atoms with Crippen LogP contribution in [0.2, 0.25) is 0 Å². The van der Waals surface area contributed by atoms with Gasteiger partial charge in [-0.2, -0.15) is 0 Å². The topological polar surface area (TPSA) is 42.0 Å². The Hall–Kier alpha value is -0.940. The first-order valence-electron chi connectivity index (χ1n) is 4.83. The third kappa shape index (κ3) is 2.41. The number of benzene rings is 1. The van der Waals surface area contributed by atoms with Gasteiger partial charge in [-0.1, -0.05) is 39.4 Å². The summed E-state index contributed by atoms with van der Waals surface area (Å²) in [7, 11) is 0. The van der Waals surface area contributed by atoms with Crippen molar-refractivity contribution >= 4 is 48.5 Å². The van der Waals surface area contributed by atoms with E-state index >= 15 is 0 Å². The maximum absolute atomic E-state index is 11.7. The molecule has 2 rings (SSSR count). The number of aromatic nitrogens is 1. The average Bonchev–Trinajstić information content (AvgIpc) is 2.58. The summed E-state index contributed by atoms with van der Waals surface area (Å²) in [5.74, 6) is -0.0912. The summed E-state index contributed by atoms with van der Waals surface area (Å²) < 4.78 is 0.496. The third-order valence-corrected chi connectivity index (χ3v) is 3.37. The number of nitrogens with zero attached hydrogens (tertiary/aromatic N) is 1. The summed E-state index contributed by atoms with van der Waals surface area (Å²) in [4.78, 5) is 16.1. The molecule has 1 aromatic carbocycles. The largest absolute Gasteiger partial charge is 0.301 e. The van der Waals surface area contributed by atoms with Crippen molar-refractivity contribution in [2.45, 2.75) is 18.2 Å². The number of halogens is 1. The molecule has 0 fully saturated rings. The molecule has 0 radical (unpaired) electrons. The van der Waals surface area contributed by atoms with Crippen LogP contribution in [-0.2, 0) is 4.79 Å². The molecule has 0 saturated heterocycles. The van der Waals surface area contributed by atoms with Crippen LogP contribution < -0.4 is 5.32 Å². The molecule has 5 heteroatoms. The monoisotopic (exact) mass is 298 g/mol. The predicted octanol–water partition coefficient (Wildman–Crippen LogP) is 3.41. The highest BCUT2D eigenvalue weighted by molar-refractivity contribution is 9.10. The molecule has 1 heterocycles. The number of carbonyl (C=O) groups excluding carboxylic acids is 1. The van der Waals surface area contributed by atoms with Crippen molar-refractivity contribution in [1.29, 1.82) is 0 Å². The zero-order valence-corrected chi connectivity index (χ0v) is 11.4. The van der Waals surface area contributed by atoms with Crippen LogP contribution in [0.25, 0.3) is 10.2 Å². The maximum atomic E-state index is 11.7. The van der Waals surface area contributed by atoms with Crippen LogP contribution in [0.4, 0.5) is 5.13 Å². The molecule has 2 aromatic rings. The van der Waals surface area contributed by atoms with Crippen LogP contribution in [0.5, 0.6) is 0 Å². The number of para-hydroxylation sites is 1. The van der Waals surface area contributed by atoms with Crippen LogP contribution in [0.1, 0.15) is 13.8 Å². The van der Waals surface area contributed by atoms with Crippen molar-refractivity contribution in [3.63, 3.8) is 0 Å². The molecule has 0 bridgehead atoms. The lowest BCUT2D eigenvalue weighted by Gasteiger charge is -2.13. The zero-order chi connectivity index (χ0) is 11.8. The molecule has 3 nitrogen and oxygen atoms in total. The van der Waals surface area contributed by atoms with Gasteiger partial charge in [0.15, 0.2) is 5.13 Å². The number of hydrogen-bond acceptors (Lipinski definition) is 3. The van der Waals surface area contributed by atoms with Gasteiger partial charge in [0, 0.05) is 0 Å². The Balaban J connectivity index is 2.25. The normalized spacial score (nSPS) is 11.7. The summed E-state index contributed by atoms with van der Waals surface area (Å²) in [5, 5.41) is 3.43. The Labute approximate surface area is 106 Å². The van der Waals surface area contributed by atoms with Crippen molar-refractivity contribution in [3.8, 4) is 0 Å². The summed E-state index contributed by atoms with van der Waals surface area (Å²) in [6, 6.07) is 7.81. The van der Waals surface area contributed by atoms with Gasteiger partial charge in [0.05, 0.1) is 14.5 Å². The Morgan fingerprint density at radius 2 is 2.12 bits per heavy atom. The smallest absolute Gasteiger partial charge is 0.242 e. The summed E-state index contributed by atoms with van der Waals surface area (Å²) in [6.07, 6.45) is 0. The Morgan fingerprint density at radius 1 is 1.44 bits per heavy atom. The fourth-order valence-electron chi connectivity index (χ4n) is 1.17. The first kappa shape index (κ1) is 11.5. The van der Waals surface area contributed by atoms with E-state index < -0.39 is 4.32 Å². The second kappa shape index (κ2) is 4.14. The molecule has 0 atom stereocenters. The highest BCUT2D eigenvalue weighted by atomic mass is 79.9. The molecule has 1 aromatic heterocycles. The minimum atomic E-state index is -0.579. The lowest BCUT2D eigenvalue weighted by molar-refractivity contribution is -0.117. The number of anilines is 1. The first-order chi connectivity index (χ1) is 7.47. The van der Waals surface area contributed by atoms with Crippen molar-refractivity contribution in [2.24, 2.45) is 0 Å². The zero-order valence-electron chi connectivity index (χ0n) is 8.95. The highest BCUT2D eigenvalue weighted by Gasteiger charge is 2.24. The number of hydrogen-bond donors (Lipinski definition) is 1. The molecule has 0 aliphatic carbocycles. The molecule has 0 unspecified atom stereocenters. The molecule has 16 heavy (non-hydrogen) atoms. The minimum absolute atomic E-state index is 0.0912. The van der Waals surface area contributed by atoms with Gasteiger partial charge in [0.1, 0.15) is 0 Å². The number of carbonyl (C=O) groups is 1. The molecule has 0 spiro atoms. The molecule has 84 valence electrons. The summed E-state index contributed by atoms with van der Waals surface area (Å²) >= 11 is 4.79. The van der Waals surface area contributed by atoms with Crippen molar-refractivity contribution < 1.29 is 4.79 Å². The van der Waals surface area contributed by atoms with Gasteiger partial charge in [-0.05, 0) is 26.0 Å². The first-order valence-corrected chi connectivity index (χ1v) is 6.44. The van der Waals surface area contributed by atoms with Gasteiger partial charge in [-0.15, -0.1) is 0 Å². The van der Waals surface area contributed by atoms with Crippen molar-refractivity contribution in [3.05, 3.63) is 24.3 Å². The maximum Gasteiger partial charge on any atom is 0.242 e. The fourth-order valence-corrected chi connectivity index (χ4v) is 2.13. The fraction of sp³-hybridized carbons (Fsp3) is 0.273. The highest BCUT2D eigenvalue weighted by Crippen LogP contribution is 2.27. The molecular weight excluding hydrogens is 288 g/mol. The summed E-state index contributed by atoms with van der Waals surface area (Å²) in [6.45, 7) is 3.60. The number of thiazole rings is 1. The van der Waals surface area contributed by atoms with Crippen LogP contribution in [0.15, 0.2) is 24.3 Å². The second-order valence-electron chi connectivity index (χ2n) is 3.91. The van der Waals surface area contributed by atoms with Crippen LogP contribution in [-0.4, -0.2) is 15.2 Å². The van der Waals surface area contributed by atoms with Gasteiger partial charge in [-0.3, -0.25) is 4.79 Å².